The van der Waals surface area contributed by atoms with Gasteiger partial charge in [0.05, 0.1) is 0 Å². The van der Waals surface area contributed by atoms with Crippen LogP contribution in [0.4, 0.5) is 0 Å². The average Bonchev–Trinajstić information content (AvgIpc) is 2.79. The number of ether oxygens (including phenoxy) is 2. The van der Waals surface area contributed by atoms with Crippen molar-refractivity contribution < 1.29 is 14.3 Å². The zero-order valence-electron chi connectivity index (χ0n) is 10.4. The lowest BCUT2D eigenvalue weighted by Crippen LogP contribution is -2.36. The molecule has 0 aromatic rings. The van der Waals surface area contributed by atoms with Crippen molar-refractivity contribution >= 4 is 5.78 Å². The zero-order valence-corrected chi connectivity index (χ0v) is 10.4. The van der Waals surface area contributed by atoms with Crippen molar-refractivity contribution in [3.05, 3.63) is 12.7 Å². The van der Waals surface area contributed by atoms with E-state index in [0.29, 0.717) is 6.42 Å². The maximum Gasteiger partial charge on any atom is 0.169 e. The highest BCUT2D eigenvalue weighted by molar-refractivity contribution is 5.88. The van der Waals surface area contributed by atoms with Crippen LogP contribution >= 0.6 is 0 Å². The Morgan fingerprint density at radius 3 is 2.65 bits per heavy atom. The first kappa shape index (κ1) is 11.4. The molecule has 17 heavy (non-hydrogen) atoms. The van der Waals surface area contributed by atoms with Gasteiger partial charge in [-0.05, 0) is 12.8 Å². The van der Waals surface area contributed by atoms with E-state index in [4.69, 9.17) is 9.47 Å². The van der Waals surface area contributed by atoms with E-state index in [1.165, 1.54) is 6.42 Å². The molecule has 3 atom stereocenters. The predicted octanol–water partition coefficient (Wildman–Crippen LogP) is 2.60. The second kappa shape index (κ2) is 3.66. The Kier molecular flexibility index (Phi) is 2.46. The van der Waals surface area contributed by atoms with Crippen molar-refractivity contribution in [3.8, 4) is 0 Å². The van der Waals surface area contributed by atoms with Gasteiger partial charge in [-0.2, -0.15) is 0 Å². The van der Waals surface area contributed by atoms with E-state index >= 15 is 0 Å². The summed E-state index contributed by atoms with van der Waals surface area (Å²) >= 11 is 0. The number of hydrogen-bond acceptors (Lipinski definition) is 3. The fraction of sp³-hybridized carbons (Fsp3) is 0.786. The van der Waals surface area contributed by atoms with Crippen LogP contribution < -0.4 is 0 Å². The maximum atomic E-state index is 12.0. The Labute approximate surface area is 102 Å². The minimum absolute atomic E-state index is 0.120. The summed E-state index contributed by atoms with van der Waals surface area (Å²) in [5, 5.41) is 0. The van der Waals surface area contributed by atoms with Crippen LogP contribution in [-0.4, -0.2) is 23.8 Å². The van der Waals surface area contributed by atoms with Gasteiger partial charge in [-0.15, -0.1) is 6.58 Å². The second-order valence-corrected chi connectivity index (χ2v) is 5.90. The van der Waals surface area contributed by atoms with Crippen molar-refractivity contribution in [2.24, 2.45) is 5.41 Å². The number of hydrogen-bond donors (Lipinski definition) is 0. The van der Waals surface area contributed by atoms with E-state index in [0.717, 1.165) is 25.7 Å². The van der Waals surface area contributed by atoms with E-state index in [2.05, 4.69) is 6.58 Å². The summed E-state index contributed by atoms with van der Waals surface area (Å²) in [6, 6.07) is 0. The van der Waals surface area contributed by atoms with Crippen LogP contribution in [0.15, 0.2) is 12.7 Å². The lowest BCUT2D eigenvalue weighted by Gasteiger charge is -2.34. The Morgan fingerprint density at radius 2 is 2.00 bits per heavy atom. The molecular weight excluding hydrogens is 216 g/mol. The van der Waals surface area contributed by atoms with Crippen molar-refractivity contribution in [1.29, 1.82) is 0 Å². The summed E-state index contributed by atoms with van der Waals surface area (Å²) in [5.41, 5.74) is -0.247. The van der Waals surface area contributed by atoms with Crippen LogP contribution in [0.25, 0.3) is 0 Å². The third-order valence-electron chi connectivity index (χ3n) is 4.56. The summed E-state index contributed by atoms with van der Waals surface area (Å²) in [7, 11) is 0. The highest BCUT2D eigenvalue weighted by Crippen LogP contribution is 2.51. The van der Waals surface area contributed by atoms with Gasteiger partial charge in [0, 0.05) is 24.7 Å². The van der Waals surface area contributed by atoms with Gasteiger partial charge in [0.15, 0.2) is 11.6 Å². The average molecular weight is 236 g/mol. The molecule has 0 radical (unpaired) electrons. The van der Waals surface area contributed by atoms with Gasteiger partial charge in [0.2, 0.25) is 0 Å². The number of rotatable bonds is 1. The Balaban J connectivity index is 1.86. The molecule has 1 aliphatic heterocycles. The molecule has 0 aromatic carbocycles. The van der Waals surface area contributed by atoms with Crippen LogP contribution in [0.2, 0.25) is 0 Å². The fourth-order valence-electron chi connectivity index (χ4n) is 3.42. The van der Waals surface area contributed by atoms with Crippen LogP contribution in [0.3, 0.4) is 0 Å². The third kappa shape index (κ3) is 1.59. The van der Waals surface area contributed by atoms with Gasteiger partial charge < -0.3 is 9.47 Å². The van der Waals surface area contributed by atoms with Gasteiger partial charge in [0.25, 0.3) is 0 Å². The summed E-state index contributed by atoms with van der Waals surface area (Å²) in [5.74, 6) is -0.284. The van der Waals surface area contributed by atoms with Crippen LogP contribution in [-0.2, 0) is 14.3 Å². The number of carbonyl (C=O) groups is 1. The van der Waals surface area contributed by atoms with Crippen LogP contribution in [0.5, 0.6) is 0 Å². The first-order valence-electron chi connectivity index (χ1n) is 6.61. The molecule has 2 aliphatic carbocycles. The summed E-state index contributed by atoms with van der Waals surface area (Å²) in [6.07, 6.45) is 7.28. The van der Waals surface area contributed by atoms with E-state index < -0.39 is 5.79 Å². The van der Waals surface area contributed by atoms with Crippen molar-refractivity contribution in [2.75, 3.05) is 0 Å². The predicted molar refractivity (Wildman–Crippen MR) is 63.5 cm³/mol. The molecule has 94 valence electrons. The number of Topliss-reactive ketones (excluding diaryl/α,β-unsaturated/α-hetero) is 1. The summed E-state index contributed by atoms with van der Waals surface area (Å²) in [6.45, 7) is 5.90. The molecule has 0 amide bonds. The second-order valence-electron chi connectivity index (χ2n) is 5.90. The minimum atomic E-state index is -0.464. The fourth-order valence-corrected chi connectivity index (χ4v) is 3.42. The minimum Gasteiger partial charge on any atom is -0.343 e. The van der Waals surface area contributed by atoms with Gasteiger partial charge in [0.1, 0.15) is 12.2 Å². The molecule has 0 N–H and O–H groups in total. The van der Waals surface area contributed by atoms with Gasteiger partial charge in [-0.25, -0.2) is 0 Å². The molecule has 3 nitrogen and oxygen atoms in total. The number of carbonyl (C=O) groups excluding carboxylic acids is 1. The molecule has 1 unspecified atom stereocenters. The molecule has 3 rings (SSSR count). The van der Waals surface area contributed by atoms with Gasteiger partial charge >= 0.3 is 0 Å². The van der Waals surface area contributed by atoms with Gasteiger partial charge in [-0.3, -0.25) is 4.79 Å². The molecule has 1 saturated heterocycles. The van der Waals surface area contributed by atoms with E-state index in [-0.39, 0.29) is 23.4 Å². The lowest BCUT2D eigenvalue weighted by molar-refractivity contribution is -0.204. The van der Waals surface area contributed by atoms with Crippen molar-refractivity contribution in [2.45, 2.75) is 63.4 Å². The first-order chi connectivity index (χ1) is 8.09. The molecular formula is C14H20O3. The Bertz CT molecular complexity index is 356. The zero-order chi connectivity index (χ0) is 12.1. The molecule has 3 aliphatic rings. The smallest absolute Gasteiger partial charge is 0.169 e. The number of ketones is 1. The Hall–Kier alpha value is -0.670. The van der Waals surface area contributed by atoms with Crippen LogP contribution in [0, 0.1) is 5.41 Å². The van der Waals surface area contributed by atoms with Crippen molar-refractivity contribution in [3.63, 3.8) is 0 Å². The van der Waals surface area contributed by atoms with E-state index in [1.54, 1.807) is 0 Å². The molecule has 2 saturated carbocycles. The lowest BCUT2D eigenvalue weighted by atomic mass is 9.86. The quantitative estimate of drug-likeness (QED) is 0.656. The van der Waals surface area contributed by atoms with E-state index in [1.807, 2.05) is 13.0 Å². The largest absolute Gasteiger partial charge is 0.343 e. The van der Waals surface area contributed by atoms with Crippen molar-refractivity contribution in [1.82, 2.24) is 0 Å². The molecule has 0 aromatic heterocycles. The van der Waals surface area contributed by atoms with Gasteiger partial charge in [-0.1, -0.05) is 19.4 Å². The summed E-state index contributed by atoms with van der Waals surface area (Å²) in [4.78, 5) is 12.0. The molecule has 1 heterocycles. The molecule has 3 heteroatoms. The highest BCUT2D eigenvalue weighted by atomic mass is 16.8. The standard InChI is InChI=1S/C14H20O3/c1-3-13(2)9-10(15)11-12(13)17-14(16-11)7-5-4-6-8-14/h3,11-12H,1,4-9H2,2H3/t11?,12-,13+/m1/s1. The monoisotopic (exact) mass is 236 g/mol. The first-order valence-corrected chi connectivity index (χ1v) is 6.61. The molecule has 1 spiro atoms. The highest BCUT2D eigenvalue weighted by Gasteiger charge is 2.60. The SMILES string of the molecule is C=C[C@@]1(C)CC(=O)C2OC3(CCCCC3)O[C@H]21. The number of fused-ring (bicyclic) bond motifs is 1. The topological polar surface area (TPSA) is 35.5 Å². The molecule has 0 bridgehead atoms. The van der Waals surface area contributed by atoms with Crippen LogP contribution in [0.1, 0.15) is 45.4 Å². The van der Waals surface area contributed by atoms with E-state index in [9.17, 15) is 4.79 Å². The third-order valence-corrected chi connectivity index (χ3v) is 4.56. The molecule has 3 fully saturated rings. The normalized spacial score (nSPS) is 43.9. The summed E-state index contributed by atoms with van der Waals surface area (Å²) < 4.78 is 12.2. The Morgan fingerprint density at radius 1 is 1.29 bits per heavy atom. The maximum absolute atomic E-state index is 12.0.